The molecule has 2 aliphatic heterocycles. The van der Waals surface area contributed by atoms with Gasteiger partial charge in [-0.25, -0.2) is 4.39 Å². The lowest BCUT2D eigenvalue weighted by atomic mass is 9.89. The van der Waals surface area contributed by atoms with Crippen LogP contribution in [0.15, 0.2) is 79.3 Å². The standard InChI is InChI=1S/C31H30FN3/c1-20-3-4-24(15-21(20)2)26-17-28-16-25(11-14-35(28)19-26)29-18-34-31(23-5-7-27(32)8-6-23)30(29)22-9-12-33-13-10-22/h3-10,12-13,15-16,18,26,28,34H,11,14,17,19H2,1-2H3/t26-,28-/m1/s1. The molecule has 0 spiro atoms. The van der Waals surface area contributed by atoms with Gasteiger partial charge in [0, 0.05) is 48.8 Å². The lowest BCUT2D eigenvalue weighted by Gasteiger charge is -2.28. The first-order chi connectivity index (χ1) is 17.1. The van der Waals surface area contributed by atoms with Gasteiger partial charge in [-0.3, -0.25) is 9.88 Å². The molecule has 4 heterocycles. The third-order valence-corrected chi connectivity index (χ3v) is 7.84. The number of aromatic nitrogens is 2. The number of rotatable bonds is 4. The Labute approximate surface area is 206 Å². The zero-order valence-corrected chi connectivity index (χ0v) is 20.3. The van der Waals surface area contributed by atoms with E-state index in [1.807, 2.05) is 24.5 Å². The van der Waals surface area contributed by atoms with E-state index in [4.69, 9.17) is 0 Å². The molecule has 3 nitrogen and oxygen atoms in total. The molecule has 0 unspecified atom stereocenters. The molecule has 2 atom stereocenters. The first-order valence-corrected chi connectivity index (χ1v) is 12.5. The predicted octanol–water partition coefficient (Wildman–Crippen LogP) is 7.14. The minimum absolute atomic E-state index is 0.222. The molecule has 0 amide bonds. The van der Waals surface area contributed by atoms with Gasteiger partial charge < -0.3 is 4.98 Å². The van der Waals surface area contributed by atoms with Crippen LogP contribution in [0.25, 0.3) is 28.0 Å². The van der Waals surface area contributed by atoms with Gasteiger partial charge in [-0.15, -0.1) is 0 Å². The van der Waals surface area contributed by atoms with E-state index in [0.29, 0.717) is 12.0 Å². The summed E-state index contributed by atoms with van der Waals surface area (Å²) in [5, 5.41) is 0. The molecule has 1 fully saturated rings. The fourth-order valence-corrected chi connectivity index (χ4v) is 5.77. The second-order valence-corrected chi connectivity index (χ2v) is 9.98. The highest BCUT2D eigenvalue weighted by atomic mass is 19.1. The van der Waals surface area contributed by atoms with Crippen LogP contribution < -0.4 is 0 Å². The van der Waals surface area contributed by atoms with Crippen molar-refractivity contribution in [2.24, 2.45) is 0 Å². The summed E-state index contributed by atoms with van der Waals surface area (Å²) in [6.45, 7) is 6.60. The van der Waals surface area contributed by atoms with E-state index in [1.54, 1.807) is 0 Å². The summed E-state index contributed by atoms with van der Waals surface area (Å²) in [6, 6.07) is 18.3. The summed E-state index contributed by atoms with van der Waals surface area (Å²) in [5.74, 6) is 0.358. The number of pyridine rings is 1. The predicted molar refractivity (Wildman–Crippen MR) is 141 cm³/mol. The van der Waals surface area contributed by atoms with Gasteiger partial charge >= 0.3 is 0 Å². The zero-order valence-electron chi connectivity index (χ0n) is 20.3. The van der Waals surface area contributed by atoms with Crippen LogP contribution in [-0.4, -0.2) is 34.0 Å². The second kappa shape index (κ2) is 8.94. The maximum Gasteiger partial charge on any atom is 0.123 e. The lowest BCUT2D eigenvalue weighted by Crippen LogP contribution is -2.32. The normalized spacial score (nSPS) is 20.0. The van der Waals surface area contributed by atoms with Crippen molar-refractivity contribution in [1.29, 1.82) is 0 Å². The van der Waals surface area contributed by atoms with Crippen molar-refractivity contribution < 1.29 is 4.39 Å². The third-order valence-electron chi connectivity index (χ3n) is 7.84. The second-order valence-electron chi connectivity index (χ2n) is 9.98. The van der Waals surface area contributed by atoms with Gasteiger partial charge in [-0.1, -0.05) is 24.3 Å². The molecule has 0 radical (unpaired) electrons. The van der Waals surface area contributed by atoms with E-state index < -0.39 is 0 Å². The quantitative estimate of drug-likeness (QED) is 0.349. The van der Waals surface area contributed by atoms with E-state index in [9.17, 15) is 4.39 Å². The maximum absolute atomic E-state index is 13.6. The molecule has 1 N–H and O–H groups in total. The van der Waals surface area contributed by atoms with Crippen LogP contribution in [0.4, 0.5) is 4.39 Å². The molecule has 4 heteroatoms. The van der Waals surface area contributed by atoms with Gasteiger partial charge in [0.15, 0.2) is 0 Å². The highest BCUT2D eigenvalue weighted by Crippen LogP contribution is 2.42. The minimum atomic E-state index is -0.222. The average Bonchev–Trinajstić information content (AvgIpc) is 3.51. The Morgan fingerprint density at radius 3 is 2.51 bits per heavy atom. The summed E-state index contributed by atoms with van der Waals surface area (Å²) in [6.07, 6.45) is 10.5. The highest BCUT2D eigenvalue weighted by Gasteiger charge is 2.34. The molecular weight excluding hydrogens is 433 g/mol. The summed E-state index contributed by atoms with van der Waals surface area (Å²) < 4.78 is 13.6. The molecular formula is C31H30FN3. The number of nitrogens with one attached hydrogen (secondary N) is 1. The van der Waals surface area contributed by atoms with Crippen LogP contribution in [0.5, 0.6) is 0 Å². The Morgan fingerprint density at radius 1 is 0.943 bits per heavy atom. The number of halogens is 1. The van der Waals surface area contributed by atoms with Crippen molar-refractivity contribution >= 4 is 5.57 Å². The summed E-state index contributed by atoms with van der Waals surface area (Å²) in [5.41, 5.74) is 11.1. The molecule has 35 heavy (non-hydrogen) atoms. The number of hydrogen-bond donors (Lipinski definition) is 1. The molecule has 0 aliphatic carbocycles. The molecule has 0 saturated carbocycles. The molecule has 2 aromatic heterocycles. The van der Waals surface area contributed by atoms with Crippen LogP contribution in [0, 0.1) is 19.7 Å². The third kappa shape index (κ3) is 4.12. The number of aromatic amines is 1. The Hall–Kier alpha value is -3.50. The molecule has 0 bridgehead atoms. The topological polar surface area (TPSA) is 31.9 Å². The fourth-order valence-electron chi connectivity index (χ4n) is 5.77. The van der Waals surface area contributed by atoms with Crippen molar-refractivity contribution in [2.45, 2.75) is 38.6 Å². The first-order valence-electron chi connectivity index (χ1n) is 12.5. The van der Waals surface area contributed by atoms with Gasteiger partial charge in [0.2, 0.25) is 0 Å². The van der Waals surface area contributed by atoms with Crippen molar-refractivity contribution in [3.8, 4) is 22.4 Å². The van der Waals surface area contributed by atoms with E-state index in [1.165, 1.54) is 45.5 Å². The first kappa shape index (κ1) is 22.0. The van der Waals surface area contributed by atoms with Crippen LogP contribution in [-0.2, 0) is 0 Å². The molecule has 6 rings (SSSR count). The Morgan fingerprint density at radius 2 is 1.74 bits per heavy atom. The van der Waals surface area contributed by atoms with Crippen molar-refractivity contribution in [1.82, 2.24) is 14.9 Å². The molecule has 176 valence electrons. The molecule has 4 aromatic rings. The summed E-state index contributed by atoms with van der Waals surface area (Å²) in [7, 11) is 0. The number of benzene rings is 2. The van der Waals surface area contributed by atoms with Crippen molar-refractivity contribution in [3.05, 3.63) is 107 Å². The largest absolute Gasteiger partial charge is 0.360 e. The maximum atomic E-state index is 13.6. The fraction of sp³-hybridized carbons (Fsp3) is 0.258. The molecule has 2 aliphatic rings. The van der Waals surface area contributed by atoms with Crippen molar-refractivity contribution in [2.75, 3.05) is 13.1 Å². The van der Waals surface area contributed by atoms with Crippen molar-refractivity contribution in [3.63, 3.8) is 0 Å². The van der Waals surface area contributed by atoms with Gasteiger partial charge in [-0.2, -0.15) is 0 Å². The van der Waals surface area contributed by atoms with Gasteiger partial charge in [0.1, 0.15) is 5.82 Å². The van der Waals surface area contributed by atoms with Crippen LogP contribution >= 0.6 is 0 Å². The van der Waals surface area contributed by atoms with E-state index in [0.717, 1.165) is 42.8 Å². The van der Waals surface area contributed by atoms with Gasteiger partial charge in [0.05, 0.1) is 5.69 Å². The number of H-pyrrole nitrogens is 1. The number of fused-ring (bicyclic) bond motifs is 1. The zero-order chi connectivity index (χ0) is 23.9. The van der Waals surface area contributed by atoms with Crippen LogP contribution in [0.1, 0.15) is 41.0 Å². The van der Waals surface area contributed by atoms with Crippen LogP contribution in [0.2, 0.25) is 0 Å². The van der Waals surface area contributed by atoms with Gasteiger partial charge in [-0.05, 0) is 102 Å². The smallest absolute Gasteiger partial charge is 0.123 e. The number of hydrogen-bond acceptors (Lipinski definition) is 2. The SMILES string of the molecule is Cc1ccc([C@@H]2C[C@H]3C=C(c4c[nH]c(-c5ccc(F)cc5)c4-c4ccncc4)CCN3C2)cc1C. The van der Waals surface area contributed by atoms with E-state index in [-0.39, 0.29) is 5.82 Å². The van der Waals surface area contributed by atoms with Gasteiger partial charge in [0.25, 0.3) is 0 Å². The summed E-state index contributed by atoms with van der Waals surface area (Å²) >= 11 is 0. The Kier molecular flexibility index (Phi) is 5.62. The lowest BCUT2D eigenvalue weighted by molar-refractivity contribution is 0.286. The Balaban J connectivity index is 1.36. The minimum Gasteiger partial charge on any atom is -0.360 e. The van der Waals surface area contributed by atoms with E-state index in [2.05, 4.69) is 71.3 Å². The highest BCUT2D eigenvalue weighted by molar-refractivity contribution is 5.91. The van der Waals surface area contributed by atoms with Crippen LogP contribution in [0.3, 0.4) is 0 Å². The monoisotopic (exact) mass is 463 g/mol. The molecule has 1 saturated heterocycles. The number of aryl methyl sites for hydroxylation is 2. The number of nitrogens with zero attached hydrogens (tertiary/aromatic N) is 2. The average molecular weight is 464 g/mol. The van der Waals surface area contributed by atoms with E-state index >= 15 is 0 Å². The summed E-state index contributed by atoms with van der Waals surface area (Å²) in [4.78, 5) is 10.4. The Bertz CT molecular complexity index is 1380. The molecule has 2 aromatic carbocycles.